The van der Waals surface area contributed by atoms with Gasteiger partial charge in [-0.3, -0.25) is 0 Å². The van der Waals surface area contributed by atoms with Gasteiger partial charge in [0.1, 0.15) is 11.4 Å². The highest BCUT2D eigenvalue weighted by atomic mass is 79.9. The quantitative estimate of drug-likeness (QED) is 0.826. The Morgan fingerprint density at radius 3 is 2.41 bits per heavy atom. The van der Waals surface area contributed by atoms with Crippen molar-refractivity contribution in [2.45, 2.75) is 30.6 Å². The monoisotopic (exact) mass is 398 g/mol. The van der Waals surface area contributed by atoms with Gasteiger partial charge in [-0.2, -0.15) is 5.26 Å². The molecule has 1 atom stereocenters. The van der Waals surface area contributed by atoms with Gasteiger partial charge in [0.2, 0.25) is 0 Å². The van der Waals surface area contributed by atoms with Crippen LogP contribution in [0.4, 0.5) is 13.2 Å². The molecule has 22 heavy (non-hydrogen) atoms. The Bertz CT molecular complexity index is 716. The molecule has 0 fully saturated rings. The van der Waals surface area contributed by atoms with Crippen molar-refractivity contribution in [3.05, 3.63) is 34.1 Å². The summed E-state index contributed by atoms with van der Waals surface area (Å²) in [7, 11) is -4.34. The third-order valence-electron chi connectivity index (χ3n) is 3.29. The minimum Gasteiger partial charge on any atom is -0.316 e. The van der Waals surface area contributed by atoms with Crippen molar-refractivity contribution in [3.8, 4) is 6.07 Å². The second kappa shape index (κ2) is 6.18. The fourth-order valence-electron chi connectivity index (χ4n) is 1.68. The number of hydrogen-bond donors (Lipinski definition) is 1. The zero-order valence-corrected chi connectivity index (χ0v) is 14.2. The number of hydrogen-bond acceptors (Lipinski definition) is 4. The van der Waals surface area contributed by atoms with E-state index < -0.39 is 43.7 Å². The Morgan fingerprint density at radius 1 is 1.41 bits per heavy atom. The van der Waals surface area contributed by atoms with E-state index >= 15 is 0 Å². The molecule has 1 rings (SSSR count). The van der Waals surface area contributed by atoms with Crippen molar-refractivity contribution in [1.29, 1.82) is 5.26 Å². The molecule has 4 nitrogen and oxygen atoms in total. The summed E-state index contributed by atoms with van der Waals surface area (Å²) < 4.78 is 63.5. The van der Waals surface area contributed by atoms with Crippen molar-refractivity contribution < 1.29 is 21.6 Å². The first-order valence-corrected chi connectivity index (χ1v) is 8.48. The third kappa shape index (κ3) is 3.45. The summed E-state index contributed by atoms with van der Waals surface area (Å²) in [4.78, 5) is 0. The second-order valence-corrected chi connectivity index (χ2v) is 8.80. The molecule has 122 valence electrons. The van der Waals surface area contributed by atoms with E-state index in [1.807, 2.05) is 0 Å². The van der Waals surface area contributed by atoms with E-state index in [2.05, 4.69) is 15.9 Å². The van der Waals surface area contributed by atoms with E-state index in [-0.39, 0.29) is 4.47 Å². The smallest absolute Gasteiger partial charge is 0.261 e. The number of alkyl halides is 2. The standard InChI is InChI=1S/C13H14BrF3N2O2S/c1-12(2,6-18)22(20,21)7-13(19,11(16)17)9-5-8(14)3-4-10(9)15/h3-5,11H,7,19H2,1-2H3/t13-/m1/s1. The molecule has 0 saturated carbocycles. The van der Waals surface area contributed by atoms with Gasteiger partial charge in [0, 0.05) is 10.0 Å². The van der Waals surface area contributed by atoms with Crippen LogP contribution >= 0.6 is 15.9 Å². The molecule has 2 N–H and O–H groups in total. The number of nitrogens with zero attached hydrogens (tertiary/aromatic N) is 1. The minimum atomic E-state index is -4.34. The van der Waals surface area contributed by atoms with Crippen molar-refractivity contribution in [2.75, 3.05) is 5.75 Å². The molecule has 0 aliphatic carbocycles. The fraction of sp³-hybridized carbons (Fsp3) is 0.462. The lowest BCUT2D eigenvalue weighted by Gasteiger charge is -2.31. The van der Waals surface area contributed by atoms with Crippen LogP contribution in [0.15, 0.2) is 22.7 Å². The first kappa shape index (κ1) is 18.9. The average molecular weight is 399 g/mol. The molecular formula is C13H14BrF3N2O2S. The first-order valence-electron chi connectivity index (χ1n) is 6.03. The molecule has 0 aliphatic rings. The van der Waals surface area contributed by atoms with E-state index in [1.54, 1.807) is 0 Å². The van der Waals surface area contributed by atoms with Gasteiger partial charge in [-0.1, -0.05) is 15.9 Å². The van der Waals surface area contributed by atoms with Crippen LogP contribution in [-0.2, 0) is 15.4 Å². The number of rotatable bonds is 5. The Labute approximate surface area is 135 Å². The summed E-state index contributed by atoms with van der Waals surface area (Å²) in [5.41, 5.74) is 2.18. The summed E-state index contributed by atoms with van der Waals surface area (Å²) in [6, 6.07) is 4.72. The van der Waals surface area contributed by atoms with Crippen LogP contribution in [0.5, 0.6) is 0 Å². The highest BCUT2D eigenvalue weighted by Gasteiger charge is 2.48. The van der Waals surface area contributed by atoms with Crippen molar-refractivity contribution in [2.24, 2.45) is 5.73 Å². The zero-order chi connectivity index (χ0) is 17.3. The summed E-state index contributed by atoms with van der Waals surface area (Å²) in [5, 5.41) is 8.90. The topological polar surface area (TPSA) is 84.0 Å². The van der Waals surface area contributed by atoms with Crippen molar-refractivity contribution in [3.63, 3.8) is 0 Å². The van der Waals surface area contributed by atoms with Gasteiger partial charge in [0.15, 0.2) is 14.6 Å². The largest absolute Gasteiger partial charge is 0.316 e. The van der Waals surface area contributed by atoms with Gasteiger partial charge < -0.3 is 5.73 Å². The van der Waals surface area contributed by atoms with E-state index in [4.69, 9.17) is 11.0 Å². The highest BCUT2D eigenvalue weighted by Crippen LogP contribution is 2.34. The van der Waals surface area contributed by atoms with Gasteiger partial charge in [0.05, 0.1) is 11.8 Å². The first-order chi connectivity index (χ1) is 9.87. The van der Waals surface area contributed by atoms with Gasteiger partial charge in [-0.25, -0.2) is 21.6 Å². The average Bonchev–Trinajstić information content (AvgIpc) is 2.40. The van der Waals surface area contributed by atoms with E-state index in [1.165, 1.54) is 12.1 Å². The predicted octanol–water partition coefficient (Wildman–Crippen LogP) is 2.72. The molecule has 0 aromatic heterocycles. The fourth-order valence-corrected chi connectivity index (χ4v) is 3.45. The lowest BCUT2D eigenvalue weighted by Crippen LogP contribution is -2.53. The van der Waals surface area contributed by atoms with Gasteiger partial charge in [0.25, 0.3) is 6.43 Å². The van der Waals surface area contributed by atoms with Crippen LogP contribution in [0.3, 0.4) is 0 Å². The molecule has 0 radical (unpaired) electrons. The van der Waals surface area contributed by atoms with Crippen LogP contribution in [0.25, 0.3) is 0 Å². The lowest BCUT2D eigenvalue weighted by molar-refractivity contribution is 0.0619. The number of benzene rings is 1. The molecule has 9 heteroatoms. The Hall–Kier alpha value is -1.11. The van der Waals surface area contributed by atoms with E-state index in [0.29, 0.717) is 0 Å². The second-order valence-electron chi connectivity index (χ2n) is 5.35. The van der Waals surface area contributed by atoms with Crippen molar-refractivity contribution in [1.82, 2.24) is 0 Å². The molecule has 0 unspecified atom stereocenters. The van der Waals surface area contributed by atoms with Crippen LogP contribution in [0.1, 0.15) is 19.4 Å². The summed E-state index contributed by atoms with van der Waals surface area (Å²) >= 11 is 3.00. The van der Waals surface area contributed by atoms with Crippen LogP contribution in [0.2, 0.25) is 0 Å². The molecule has 1 aromatic rings. The molecule has 0 bridgehead atoms. The number of nitrogens with two attached hydrogens (primary N) is 1. The van der Waals surface area contributed by atoms with Crippen LogP contribution in [-0.4, -0.2) is 25.3 Å². The molecule has 1 aromatic carbocycles. The third-order valence-corrected chi connectivity index (χ3v) is 6.29. The summed E-state index contributed by atoms with van der Waals surface area (Å²) in [6.07, 6.45) is -3.35. The molecule has 0 saturated heterocycles. The molecule has 0 spiro atoms. The maximum atomic E-state index is 13.9. The SMILES string of the molecule is CC(C)(C#N)S(=O)(=O)C[C@@](N)(c1cc(Br)ccc1F)C(F)F. The normalized spacial score (nSPS) is 15.4. The number of nitriles is 1. The molecule has 0 amide bonds. The number of sulfone groups is 1. The molecule has 0 aliphatic heterocycles. The Kier molecular flexibility index (Phi) is 5.32. The summed E-state index contributed by atoms with van der Waals surface area (Å²) in [6.45, 7) is 2.15. The van der Waals surface area contributed by atoms with Crippen molar-refractivity contribution >= 4 is 25.8 Å². The van der Waals surface area contributed by atoms with Crippen LogP contribution < -0.4 is 5.73 Å². The maximum absolute atomic E-state index is 13.9. The number of halogens is 4. The van der Waals surface area contributed by atoms with Gasteiger partial charge >= 0.3 is 0 Å². The molecular weight excluding hydrogens is 385 g/mol. The van der Waals surface area contributed by atoms with Gasteiger partial charge in [-0.15, -0.1) is 0 Å². The van der Waals surface area contributed by atoms with E-state index in [9.17, 15) is 21.6 Å². The Morgan fingerprint density at radius 2 is 1.95 bits per heavy atom. The lowest BCUT2D eigenvalue weighted by atomic mass is 9.93. The summed E-state index contributed by atoms with van der Waals surface area (Å²) in [5.74, 6) is -2.30. The predicted molar refractivity (Wildman–Crippen MR) is 79.4 cm³/mol. The van der Waals surface area contributed by atoms with Crippen LogP contribution in [0, 0.1) is 17.1 Å². The molecule has 0 heterocycles. The van der Waals surface area contributed by atoms with E-state index in [0.717, 1.165) is 26.0 Å². The maximum Gasteiger partial charge on any atom is 0.261 e. The highest BCUT2D eigenvalue weighted by molar-refractivity contribution is 9.10. The Balaban J connectivity index is 3.48. The zero-order valence-electron chi connectivity index (χ0n) is 11.8. The van der Waals surface area contributed by atoms with Gasteiger partial charge in [-0.05, 0) is 32.0 Å². The minimum absolute atomic E-state index is 0.274.